The molecule has 1 amide bonds. The van der Waals surface area contributed by atoms with E-state index in [4.69, 9.17) is 5.73 Å². The SMILES string of the molecule is NC(=O)c1cccc(CNCC(F)(F)F)c1. The zero-order chi connectivity index (χ0) is 12.2. The highest BCUT2D eigenvalue weighted by Gasteiger charge is 2.25. The van der Waals surface area contributed by atoms with Gasteiger partial charge in [-0.3, -0.25) is 4.79 Å². The lowest BCUT2D eigenvalue weighted by atomic mass is 10.1. The fourth-order valence-corrected chi connectivity index (χ4v) is 1.18. The van der Waals surface area contributed by atoms with E-state index in [-0.39, 0.29) is 12.1 Å². The number of amides is 1. The van der Waals surface area contributed by atoms with Gasteiger partial charge in [0, 0.05) is 12.1 Å². The van der Waals surface area contributed by atoms with Gasteiger partial charge in [-0.2, -0.15) is 13.2 Å². The number of carbonyl (C=O) groups excluding carboxylic acids is 1. The van der Waals surface area contributed by atoms with E-state index < -0.39 is 18.6 Å². The Labute approximate surface area is 90.4 Å². The Hall–Kier alpha value is -1.56. The smallest absolute Gasteiger partial charge is 0.366 e. The molecule has 3 nitrogen and oxygen atoms in total. The molecule has 0 bridgehead atoms. The summed E-state index contributed by atoms with van der Waals surface area (Å²) >= 11 is 0. The predicted octanol–water partition coefficient (Wildman–Crippen LogP) is 1.44. The van der Waals surface area contributed by atoms with Crippen molar-refractivity contribution in [2.24, 2.45) is 5.73 Å². The number of hydrogen-bond acceptors (Lipinski definition) is 2. The summed E-state index contributed by atoms with van der Waals surface area (Å²) in [4.78, 5) is 10.8. The minimum absolute atomic E-state index is 0.0423. The molecule has 0 saturated heterocycles. The Morgan fingerprint density at radius 3 is 2.62 bits per heavy atom. The minimum atomic E-state index is -4.23. The van der Waals surface area contributed by atoms with Gasteiger partial charge >= 0.3 is 6.18 Å². The molecule has 0 heterocycles. The molecule has 1 aromatic rings. The molecule has 0 aliphatic heterocycles. The Kier molecular flexibility index (Phi) is 3.89. The van der Waals surface area contributed by atoms with Crippen molar-refractivity contribution >= 4 is 5.91 Å². The summed E-state index contributed by atoms with van der Waals surface area (Å²) in [5, 5.41) is 2.23. The zero-order valence-corrected chi connectivity index (χ0v) is 8.34. The third kappa shape index (κ3) is 4.31. The lowest BCUT2D eigenvalue weighted by molar-refractivity contribution is -0.125. The second kappa shape index (κ2) is 4.98. The van der Waals surface area contributed by atoms with Crippen molar-refractivity contribution in [1.82, 2.24) is 5.32 Å². The Balaban J connectivity index is 2.55. The Morgan fingerprint density at radius 2 is 2.06 bits per heavy atom. The van der Waals surface area contributed by atoms with Crippen LogP contribution in [0.2, 0.25) is 0 Å². The normalized spacial score (nSPS) is 11.4. The van der Waals surface area contributed by atoms with Crippen molar-refractivity contribution in [3.05, 3.63) is 35.4 Å². The molecule has 6 heteroatoms. The maximum absolute atomic E-state index is 11.8. The topological polar surface area (TPSA) is 55.1 Å². The number of nitrogens with one attached hydrogen (secondary N) is 1. The van der Waals surface area contributed by atoms with Gasteiger partial charge < -0.3 is 11.1 Å². The van der Waals surface area contributed by atoms with E-state index >= 15 is 0 Å². The monoisotopic (exact) mass is 232 g/mol. The number of rotatable bonds is 4. The van der Waals surface area contributed by atoms with Crippen LogP contribution in [0.4, 0.5) is 13.2 Å². The molecule has 0 spiro atoms. The lowest BCUT2D eigenvalue weighted by Crippen LogP contribution is -2.28. The predicted molar refractivity (Wildman–Crippen MR) is 52.7 cm³/mol. The van der Waals surface area contributed by atoms with Crippen molar-refractivity contribution < 1.29 is 18.0 Å². The summed E-state index contributed by atoms with van der Waals surface area (Å²) in [6, 6.07) is 6.17. The second-order valence-electron chi connectivity index (χ2n) is 3.28. The fraction of sp³-hybridized carbons (Fsp3) is 0.300. The second-order valence-corrected chi connectivity index (χ2v) is 3.28. The maximum atomic E-state index is 11.8. The minimum Gasteiger partial charge on any atom is -0.366 e. The summed E-state index contributed by atoms with van der Waals surface area (Å²) in [6.07, 6.45) is -4.23. The summed E-state index contributed by atoms with van der Waals surface area (Å²) in [5.74, 6) is -0.599. The standard InChI is InChI=1S/C10H11F3N2O/c11-10(12,13)6-15-5-7-2-1-3-8(4-7)9(14)16/h1-4,15H,5-6H2,(H2,14,16). The van der Waals surface area contributed by atoms with Gasteiger partial charge in [-0.1, -0.05) is 12.1 Å². The molecule has 1 aromatic carbocycles. The zero-order valence-electron chi connectivity index (χ0n) is 8.34. The van der Waals surface area contributed by atoms with Crippen molar-refractivity contribution in [3.63, 3.8) is 0 Å². The molecule has 0 saturated carbocycles. The highest BCUT2D eigenvalue weighted by Crippen LogP contribution is 2.12. The number of alkyl halides is 3. The molecule has 1 rings (SSSR count). The molecule has 3 N–H and O–H groups in total. The van der Waals surface area contributed by atoms with Gasteiger partial charge in [-0.05, 0) is 17.7 Å². The van der Waals surface area contributed by atoms with E-state index in [9.17, 15) is 18.0 Å². The number of nitrogens with two attached hydrogens (primary N) is 1. The fourth-order valence-electron chi connectivity index (χ4n) is 1.18. The van der Waals surface area contributed by atoms with Crippen LogP contribution in [0, 0.1) is 0 Å². The summed E-state index contributed by atoms with van der Waals surface area (Å²) in [7, 11) is 0. The number of halogens is 3. The summed E-state index contributed by atoms with van der Waals surface area (Å²) < 4.78 is 35.5. The average molecular weight is 232 g/mol. The van der Waals surface area contributed by atoms with Crippen LogP contribution in [0.15, 0.2) is 24.3 Å². The van der Waals surface area contributed by atoms with Crippen molar-refractivity contribution in [2.45, 2.75) is 12.7 Å². The first-order chi connectivity index (χ1) is 7.38. The van der Waals surface area contributed by atoms with E-state index in [1.807, 2.05) is 0 Å². The lowest BCUT2D eigenvalue weighted by Gasteiger charge is -2.08. The first kappa shape index (κ1) is 12.5. The van der Waals surface area contributed by atoms with E-state index in [1.54, 1.807) is 12.1 Å². The highest BCUT2D eigenvalue weighted by molar-refractivity contribution is 5.92. The first-order valence-electron chi connectivity index (χ1n) is 4.55. The van der Waals surface area contributed by atoms with Crippen LogP contribution < -0.4 is 11.1 Å². The van der Waals surface area contributed by atoms with Gasteiger partial charge in [0.15, 0.2) is 0 Å². The van der Waals surface area contributed by atoms with Crippen LogP contribution in [-0.4, -0.2) is 18.6 Å². The molecule has 0 radical (unpaired) electrons. The maximum Gasteiger partial charge on any atom is 0.401 e. The van der Waals surface area contributed by atoms with Crippen LogP contribution >= 0.6 is 0 Å². The number of carbonyl (C=O) groups is 1. The Morgan fingerprint density at radius 1 is 1.38 bits per heavy atom. The molecular formula is C10H11F3N2O. The van der Waals surface area contributed by atoms with Crippen LogP contribution in [0.3, 0.4) is 0 Å². The van der Waals surface area contributed by atoms with Crippen LogP contribution in [0.25, 0.3) is 0 Å². The van der Waals surface area contributed by atoms with Gasteiger partial charge in [0.2, 0.25) is 5.91 Å². The van der Waals surface area contributed by atoms with Gasteiger partial charge in [0.1, 0.15) is 0 Å². The van der Waals surface area contributed by atoms with Gasteiger partial charge in [-0.15, -0.1) is 0 Å². The van der Waals surface area contributed by atoms with Crippen molar-refractivity contribution in [2.75, 3.05) is 6.54 Å². The Bertz CT molecular complexity index is 377. The van der Waals surface area contributed by atoms with Gasteiger partial charge in [0.05, 0.1) is 6.54 Å². The molecule has 88 valence electrons. The van der Waals surface area contributed by atoms with E-state index in [0.29, 0.717) is 5.56 Å². The molecule has 16 heavy (non-hydrogen) atoms. The largest absolute Gasteiger partial charge is 0.401 e. The molecule has 0 atom stereocenters. The number of primary amides is 1. The molecule has 0 aromatic heterocycles. The van der Waals surface area contributed by atoms with Crippen LogP contribution in [-0.2, 0) is 6.54 Å². The van der Waals surface area contributed by atoms with E-state index in [2.05, 4.69) is 5.32 Å². The molecule has 0 aliphatic carbocycles. The number of hydrogen-bond donors (Lipinski definition) is 2. The van der Waals surface area contributed by atoms with E-state index in [1.165, 1.54) is 12.1 Å². The molecule has 0 unspecified atom stereocenters. The van der Waals surface area contributed by atoms with Gasteiger partial charge in [0.25, 0.3) is 0 Å². The number of benzene rings is 1. The third-order valence-electron chi connectivity index (χ3n) is 1.87. The average Bonchev–Trinajstić information content (AvgIpc) is 2.16. The van der Waals surface area contributed by atoms with E-state index in [0.717, 1.165) is 0 Å². The van der Waals surface area contributed by atoms with Crippen LogP contribution in [0.1, 0.15) is 15.9 Å². The first-order valence-corrected chi connectivity index (χ1v) is 4.55. The van der Waals surface area contributed by atoms with Crippen molar-refractivity contribution in [1.29, 1.82) is 0 Å². The molecule has 0 aliphatic rings. The highest BCUT2D eigenvalue weighted by atomic mass is 19.4. The van der Waals surface area contributed by atoms with Gasteiger partial charge in [-0.25, -0.2) is 0 Å². The quantitative estimate of drug-likeness (QED) is 0.825. The summed E-state index contributed by atoms with van der Waals surface area (Å²) in [6.45, 7) is -1.02. The van der Waals surface area contributed by atoms with Crippen LogP contribution in [0.5, 0.6) is 0 Å². The molecular weight excluding hydrogens is 221 g/mol. The van der Waals surface area contributed by atoms with Crippen molar-refractivity contribution in [3.8, 4) is 0 Å². The molecule has 0 fully saturated rings. The summed E-state index contributed by atoms with van der Waals surface area (Å²) in [5.41, 5.74) is 5.91. The third-order valence-corrected chi connectivity index (χ3v) is 1.87.